The number of piperidine rings is 1. The zero-order chi connectivity index (χ0) is 22.1. The maximum atomic E-state index is 13.0. The zero-order valence-electron chi connectivity index (χ0n) is 18.5. The lowest BCUT2D eigenvalue weighted by atomic mass is 9.92. The number of carbonyl (C=O) groups excluding carboxylic acids is 2. The highest BCUT2D eigenvalue weighted by Crippen LogP contribution is 2.40. The van der Waals surface area contributed by atoms with Crippen LogP contribution in [0.3, 0.4) is 0 Å². The van der Waals surface area contributed by atoms with Gasteiger partial charge in [-0.1, -0.05) is 24.3 Å². The van der Waals surface area contributed by atoms with Gasteiger partial charge in [0.1, 0.15) is 5.52 Å². The normalized spacial score (nSPS) is 17.0. The van der Waals surface area contributed by atoms with E-state index in [2.05, 4.69) is 23.3 Å². The first-order chi connectivity index (χ1) is 15.6. The standard InChI is InChI=1S/C26H29N3O3/c1-17-4-2-3-5-21(17)16-27-24(30)14-18-10-12-29(13-11-18)26(31)20-8-9-23-22(15-20)28-25(32-23)19-6-7-19/h2-5,8-9,15,18-19H,6-7,10-14,16H2,1H3,(H,27,30). The summed E-state index contributed by atoms with van der Waals surface area (Å²) in [5, 5.41) is 3.04. The summed E-state index contributed by atoms with van der Waals surface area (Å²) in [5.74, 6) is 1.68. The van der Waals surface area contributed by atoms with Crippen molar-refractivity contribution in [2.75, 3.05) is 13.1 Å². The second kappa shape index (κ2) is 8.77. The summed E-state index contributed by atoms with van der Waals surface area (Å²) < 4.78 is 5.80. The van der Waals surface area contributed by atoms with Crippen LogP contribution in [0.15, 0.2) is 46.9 Å². The molecule has 1 N–H and O–H groups in total. The van der Waals surface area contributed by atoms with Crippen molar-refractivity contribution < 1.29 is 14.0 Å². The van der Waals surface area contributed by atoms with Gasteiger partial charge in [0.05, 0.1) is 0 Å². The molecule has 6 heteroatoms. The fourth-order valence-corrected chi connectivity index (χ4v) is 4.44. The number of oxazole rings is 1. The molecule has 1 aliphatic heterocycles. The monoisotopic (exact) mass is 431 g/mol. The molecule has 6 nitrogen and oxygen atoms in total. The van der Waals surface area contributed by atoms with Crippen molar-refractivity contribution in [3.05, 3.63) is 65.0 Å². The van der Waals surface area contributed by atoms with Crippen LogP contribution in [-0.4, -0.2) is 34.8 Å². The van der Waals surface area contributed by atoms with Gasteiger partial charge in [-0.2, -0.15) is 0 Å². The molecule has 0 atom stereocenters. The highest BCUT2D eigenvalue weighted by atomic mass is 16.3. The number of fused-ring (bicyclic) bond motifs is 1. The average molecular weight is 432 g/mol. The summed E-state index contributed by atoms with van der Waals surface area (Å²) in [5.41, 5.74) is 4.50. The molecule has 0 spiro atoms. The number of likely N-dealkylation sites (tertiary alicyclic amines) is 1. The van der Waals surface area contributed by atoms with E-state index in [1.165, 1.54) is 5.56 Å². The topological polar surface area (TPSA) is 75.4 Å². The Labute approximate surface area is 188 Å². The Bertz CT molecular complexity index is 1140. The molecular formula is C26H29N3O3. The third kappa shape index (κ3) is 4.54. The summed E-state index contributed by atoms with van der Waals surface area (Å²) in [7, 11) is 0. The Morgan fingerprint density at radius 1 is 1.09 bits per heavy atom. The van der Waals surface area contributed by atoms with Crippen LogP contribution in [0.25, 0.3) is 11.1 Å². The molecule has 0 unspecified atom stereocenters. The van der Waals surface area contributed by atoms with Crippen molar-refractivity contribution in [3.8, 4) is 0 Å². The van der Waals surface area contributed by atoms with Crippen molar-refractivity contribution in [1.82, 2.24) is 15.2 Å². The number of hydrogen-bond acceptors (Lipinski definition) is 4. The van der Waals surface area contributed by atoms with Crippen LogP contribution < -0.4 is 5.32 Å². The molecular weight excluding hydrogens is 402 g/mol. The first-order valence-corrected chi connectivity index (χ1v) is 11.6. The van der Waals surface area contributed by atoms with Crippen LogP contribution in [0.1, 0.15) is 65.4 Å². The van der Waals surface area contributed by atoms with Crippen molar-refractivity contribution in [1.29, 1.82) is 0 Å². The van der Waals surface area contributed by atoms with E-state index in [1.54, 1.807) is 0 Å². The van der Waals surface area contributed by atoms with Gasteiger partial charge in [-0.15, -0.1) is 0 Å². The van der Waals surface area contributed by atoms with Gasteiger partial charge in [-0.3, -0.25) is 9.59 Å². The van der Waals surface area contributed by atoms with Gasteiger partial charge in [-0.05, 0) is 67.9 Å². The molecule has 0 radical (unpaired) electrons. The van der Waals surface area contributed by atoms with Gasteiger partial charge >= 0.3 is 0 Å². The first-order valence-electron chi connectivity index (χ1n) is 11.6. The number of amides is 2. The minimum atomic E-state index is 0.0327. The number of nitrogens with one attached hydrogen (secondary N) is 1. The van der Waals surface area contributed by atoms with E-state index in [0.29, 0.717) is 43.5 Å². The van der Waals surface area contributed by atoms with Gasteiger partial charge in [-0.25, -0.2) is 4.98 Å². The summed E-state index contributed by atoms with van der Waals surface area (Å²) in [6, 6.07) is 13.6. The molecule has 2 fully saturated rings. The Morgan fingerprint density at radius 2 is 1.88 bits per heavy atom. The van der Waals surface area contributed by atoms with E-state index in [4.69, 9.17) is 4.42 Å². The molecule has 2 aliphatic rings. The van der Waals surface area contributed by atoms with Gasteiger partial charge in [0.2, 0.25) is 5.91 Å². The molecule has 5 rings (SSSR count). The number of carbonyl (C=O) groups is 2. The maximum Gasteiger partial charge on any atom is 0.253 e. The number of aryl methyl sites for hydroxylation is 1. The van der Waals surface area contributed by atoms with Crippen molar-refractivity contribution in [2.24, 2.45) is 5.92 Å². The Kier molecular flexibility index (Phi) is 5.68. The molecule has 166 valence electrons. The van der Waals surface area contributed by atoms with Gasteiger partial charge in [0, 0.05) is 37.5 Å². The number of benzene rings is 2. The van der Waals surface area contributed by atoms with E-state index >= 15 is 0 Å². The molecule has 2 heterocycles. The van der Waals surface area contributed by atoms with E-state index < -0.39 is 0 Å². The van der Waals surface area contributed by atoms with Crippen LogP contribution in [-0.2, 0) is 11.3 Å². The number of hydrogen-bond donors (Lipinski definition) is 1. The third-order valence-corrected chi connectivity index (χ3v) is 6.69. The lowest BCUT2D eigenvalue weighted by Crippen LogP contribution is -2.39. The predicted molar refractivity (Wildman–Crippen MR) is 122 cm³/mol. The van der Waals surface area contributed by atoms with Gasteiger partial charge < -0.3 is 14.6 Å². The highest BCUT2D eigenvalue weighted by molar-refractivity contribution is 5.97. The van der Waals surface area contributed by atoms with Crippen LogP contribution in [0.2, 0.25) is 0 Å². The molecule has 1 saturated carbocycles. The summed E-state index contributed by atoms with van der Waals surface area (Å²) in [4.78, 5) is 31.9. The number of rotatable bonds is 6. The molecule has 0 bridgehead atoms. The number of nitrogens with zero attached hydrogens (tertiary/aromatic N) is 2. The maximum absolute atomic E-state index is 13.0. The van der Waals surface area contributed by atoms with Gasteiger partial charge in [0.25, 0.3) is 5.91 Å². The molecule has 1 aliphatic carbocycles. The summed E-state index contributed by atoms with van der Waals surface area (Å²) >= 11 is 0. The Morgan fingerprint density at radius 3 is 2.62 bits per heavy atom. The van der Waals surface area contributed by atoms with Crippen molar-refractivity contribution >= 4 is 22.9 Å². The first kappa shape index (κ1) is 20.7. The molecule has 3 aromatic rings. The minimum absolute atomic E-state index is 0.0327. The highest BCUT2D eigenvalue weighted by Gasteiger charge is 2.29. The van der Waals surface area contributed by atoms with Crippen molar-refractivity contribution in [2.45, 2.75) is 51.5 Å². The van der Waals surface area contributed by atoms with E-state index in [9.17, 15) is 9.59 Å². The minimum Gasteiger partial charge on any atom is -0.440 e. The number of aromatic nitrogens is 1. The van der Waals surface area contributed by atoms with Crippen LogP contribution in [0.4, 0.5) is 0 Å². The SMILES string of the molecule is Cc1ccccc1CNC(=O)CC1CCN(C(=O)c2ccc3oc(C4CC4)nc3c2)CC1. The average Bonchev–Trinajstić information content (AvgIpc) is 3.57. The second-order valence-corrected chi connectivity index (χ2v) is 9.15. The Balaban J connectivity index is 1.12. The molecule has 2 amide bonds. The lowest BCUT2D eigenvalue weighted by molar-refractivity contribution is -0.122. The second-order valence-electron chi connectivity index (χ2n) is 9.15. The third-order valence-electron chi connectivity index (χ3n) is 6.69. The van der Waals surface area contributed by atoms with E-state index in [1.807, 2.05) is 41.3 Å². The van der Waals surface area contributed by atoms with E-state index in [-0.39, 0.29) is 11.8 Å². The quantitative estimate of drug-likeness (QED) is 0.620. The summed E-state index contributed by atoms with van der Waals surface area (Å²) in [6.07, 6.45) is 4.49. The lowest BCUT2D eigenvalue weighted by Gasteiger charge is -2.31. The zero-order valence-corrected chi connectivity index (χ0v) is 18.5. The van der Waals surface area contributed by atoms with Crippen molar-refractivity contribution in [3.63, 3.8) is 0 Å². The molecule has 2 aromatic carbocycles. The summed E-state index contributed by atoms with van der Waals surface area (Å²) in [6.45, 7) is 3.98. The molecule has 1 aromatic heterocycles. The van der Waals surface area contributed by atoms with Crippen LogP contribution >= 0.6 is 0 Å². The fraction of sp³-hybridized carbons (Fsp3) is 0.423. The van der Waals surface area contributed by atoms with Crippen LogP contribution in [0.5, 0.6) is 0 Å². The van der Waals surface area contributed by atoms with Crippen LogP contribution in [0, 0.1) is 12.8 Å². The Hall–Kier alpha value is -3.15. The fourth-order valence-electron chi connectivity index (χ4n) is 4.44. The molecule has 32 heavy (non-hydrogen) atoms. The largest absolute Gasteiger partial charge is 0.440 e. The predicted octanol–water partition coefficient (Wildman–Crippen LogP) is 4.57. The van der Waals surface area contributed by atoms with E-state index in [0.717, 1.165) is 48.2 Å². The van der Waals surface area contributed by atoms with Gasteiger partial charge in [0.15, 0.2) is 11.5 Å². The smallest absolute Gasteiger partial charge is 0.253 e. The molecule has 1 saturated heterocycles.